The monoisotopic (exact) mass is 303 g/mol. The molecule has 0 fully saturated rings. The highest BCUT2D eigenvalue weighted by atomic mass is 127. The van der Waals surface area contributed by atoms with Crippen molar-refractivity contribution in [3.8, 4) is 0 Å². The van der Waals surface area contributed by atoms with Gasteiger partial charge in [0.25, 0.3) is 0 Å². The summed E-state index contributed by atoms with van der Waals surface area (Å²) in [5, 5.41) is 3.41. The van der Waals surface area contributed by atoms with Crippen molar-refractivity contribution in [3.63, 3.8) is 0 Å². The van der Waals surface area contributed by atoms with Crippen LogP contribution in [0.5, 0.6) is 0 Å². The molecule has 0 radical (unpaired) electrons. The van der Waals surface area contributed by atoms with E-state index in [9.17, 15) is 0 Å². The molecule has 0 spiro atoms. The quantitative estimate of drug-likeness (QED) is 0.838. The molecule has 0 saturated carbocycles. The smallest absolute Gasteiger partial charge is 0.0353 e. The number of halogens is 1. The Bertz CT molecular complexity index is 285. The predicted molar refractivity (Wildman–Crippen MR) is 70.4 cm³/mol. The summed E-state index contributed by atoms with van der Waals surface area (Å²) in [6.45, 7) is 4.54. The molecule has 14 heavy (non-hydrogen) atoms. The molecule has 0 aliphatic rings. The predicted octanol–water partition coefficient (Wildman–Crippen LogP) is 3.60. The maximum atomic E-state index is 3.41. The Balaban J connectivity index is 2.94. The molecule has 1 nitrogen and oxygen atoms in total. The van der Waals surface area contributed by atoms with Gasteiger partial charge in [0.2, 0.25) is 0 Å². The van der Waals surface area contributed by atoms with Gasteiger partial charge >= 0.3 is 0 Å². The molecule has 1 aromatic carbocycles. The number of hydrogen-bond donors (Lipinski definition) is 1. The van der Waals surface area contributed by atoms with Crippen LogP contribution in [0.25, 0.3) is 0 Å². The van der Waals surface area contributed by atoms with Crippen molar-refractivity contribution in [2.75, 3.05) is 7.05 Å². The molecule has 1 N–H and O–H groups in total. The number of hydrogen-bond acceptors (Lipinski definition) is 1. The molecule has 2 atom stereocenters. The van der Waals surface area contributed by atoms with Crippen LogP contribution in [0, 0.1) is 9.49 Å². The molecule has 0 aliphatic carbocycles. The molecule has 78 valence electrons. The second-order valence-corrected chi connectivity index (χ2v) is 4.84. The van der Waals surface area contributed by atoms with Gasteiger partial charge in [0, 0.05) is 9.61 Å². The molecule has 2 unspecified atom stereocenters. The first-order chi connectivity index (χ1) is 6.70. The molecule has 1 aromatic rings. The summed E-state index contributed by atoms with van der Waals surface area (Å²) in [6, 6.07) is 9.07. The van der Waals surface area contributed by atoms with E-state index < -0.39 is 0 Å². The first-order valence-corrected chi connectivity index (χ1v) is 6.20. The lowest BCUT2D eigenvalue weighted by atomic mass is 9.93. The summed E-state index contributed by atoms with van der Waals surface area (Å²) < 4.78 is 1.35. The van der Waals surface area contributed by atoms with E-state index in [4.69, 9.17) is 0 Å². The van der Waals surface area contributed by atoms with Crippen molar-refractivity contribution in [3.05, 3.63) is 33.4 Å². The summed E-state index contributed by atoms with van der Waals surface area (Å²) in [5.41, 5.74) is 1.42. The van der Waals surface area contributed by atoms with Crippen LogP contribution in [-0.4, -0.2) is 7.05 Å². The SMILES string of the molecule is CCC(C)C(NC)c1ccccc1I. The van der Waals surface area contributed by atoms with Gasteiger partial charge in [-0.25, -0.2) is 0 Å². The second kappa shape index (κ2) is 5.71. The van der Waals surface area contributed by atoms with E-state index in [0.29, 0.717) is 12.0 Å². The van der Waals surface area contributed by atoms with Gasteiger partial charge in [-0.3, -0.25) is 0 Å². The fraction of sp³-hybridized carbons (Fsp3) is 0.500. The van der Waals surface area contributed by atoms with Gasteiger partial charge in [-0.05, 0) is 47.2 Å². The third-order valence-electron chi connectivity index (χ3n) is 2.76. The molecule has 0 bridgehead atoms. The van der Waals surface area contributed by atoms with Crippen molar-refractivity contribution in [2.24, 2.45) is 5.92 Å². The molecule has 0 amide bonds. The molecular formula is C12H18IN. The maximum absolute atomic E-state index is 3.41. The lowest BCUT2D eigenvalue weighted by Crippen LogP contribution is -2.23. The van der Waals surface area contributed by atoms with Crippen LogP contribution in [0.4, 0.5) is 0 Å². The standard InChI is InChI=1S/C12H18IN/c1-4-9(2)12(14-3)10-7-5-6-8-11(10)13/h5-9,12,14H,4H2,1-3H3. The van der Waals surface area contributed by atoms with Crippen molar-refractivity contribution in [2.45, 2.75) is 26.3 Å². The van der Waals surface area contributed by atoms with Crippen LogP contribution >= 0.6 is 22.6 Å². The van der Waals surface area contributed by atoms with Gasteiger partial charge in [-0.1, -0.05) is 38.5 Å². The van der Waals surface area contributed by atoms with Crippen molar-refractivity contribution < 1.29 is 0 Å². The Labute approximate surface area is 100 Å². The molecule has 2 heteroatoms. The zero-order valence-electron chi connectivity index (χ0n) is 9.05. The molecule has 0 aromatic heterocycles. The minimum atomic E-state index is 0.480. The molecular weight excluding hydrogens is 285 g/mol. The molecule has 1 rings (SSSR count). The largest absolute Gasteiger partial charge is 0.313 e. The number of nitrogens with one attached hydrogen (secondary N) is 1. The maximum Gasteiger partial charge on any atom is 0.0353 e. The van der Waals surface area contributed by atoms with Crippen LogP contribution in [0.1, 0.15) is 31.9 Å². The first-order valence-electron chi connectivity index (χ1n) is 5.12. The fourth-order valence-corrected chi connectivity index (χ4v) is 2.43. The van der Waals surface area contributed by atoms with Gasteiger partial charge in [0.15, 0.2) is 0 Å². The molecule has 0 saturated heterocycles. The number of benzene rings is 1. The van der Waals surface area contributed by atoms with Crippen molar-refractivity contribution in [1.29, 1.82) is 0 Å². The van der Waals surface area contributed by atoms with E-state index in [1.165, 1.54) is 15.6 Å². The Hall–Kier alpha value is -0.0900. The Kier molecular flexibility index (Phi) is 4.89. The van der Waals surface area contributed by atoms with Gasteiger partial charge in [-0.2, -0.15) is 0 Å². The highest BCUT2D eigenvalue weighted by molar-refractivity contribution is 14.1. The number of rotatable bonds is 4. The molecule has 0 aliphatic heterocycles. The normalized spacial score (nSPS) is 15.1. The fourth-order valence-electron chi connectivity index (χ4n) is 1.71. The summed E-state index contributed by atoms with van der Waals surface area (Å²) in [4.78, 5) is 0. The van der Waals surface area contributed by atoms with E-state index in [1.54, 1.807) is 0 Å². The highest BCUT2D eigenvalue weighted by Gasteiger charge is 2.17. The topological polar surface area (TPSA) is 12.0 Å². The third kappa shape index (κ3) is 2.70. The van der Waals surface area contributed by atoms with Crippen LogP contribution in [0.2, 0.25) is 0 Å². The first kappa shape index (κ1) is 12.0. The van der Waals surface area contributed by atoms with Crippen molar-refractivity contribution >= 4 is 22.6 Å². The lowest BCUT2D eigenvalue weighted by Gasteiger charge is -2.23. The van der Waals surface area contributed by atoms with Crippen molar-refractivity contribution in [1.82, 2.24) is 5.32 Å². The Morgan fingerprint density at radius 3 is 2.50 bits per heavy atom. The average Bonchev–Trinajstić information content (AvgIpc) is 2.21. The van der Waals surface area contributed by atoms with Gasteiger partial charge in [0.05, 0.1) is 0 Å². The summed E-state index contributed by atoms with van der Waals surface area (Å²) in [7, 11) is 2.04. The highest BCUT2D eigenvalue weighted by Crippen LogP contribution is 2.27. The Morgan fingerprint density at radius 1 is 1.36 bits per heavy atom. The molecule has 0 heterocycles. The van der Waals surface area contributed by atoms with Crippen LogP contribution in [0.15, 0.2) is 24.3 Å². The minimum Gasteiger partial charge on any atom is -0.313 e. The van der Waals surface area contributed by atoms with E-state index in [1.807, 2.05) is 7.05 Å². The van der Waals surface area contributed by atoms with Gasteiger partial charge < -0.3 is 5.32 Å². The van der Waals surface area contributed by atoms with Crippen LogP contribution < -0.4 is 5.32 Å². The van der Waals surface area contributed by atoms with Gasteiger partial charge in [-0.15, -0.1) is 0 Å². The van der Waals surface area contributed by atoms with E-state index in [-0.39, 0.29) is 0 Å². The van der Waals surface area contributed by atoms with E-state index in [0.717, 1.165) is 0 Å². The average molecular weight is 303 g/mol. The van der Waals surface area contributed by atoms with E-state index in [2.05, 4.69) is 66.0 Å². The third-order valence-corrected chi connectivity index (χ3v) is 3.75. The summed E-state index contributed by atoms with van der Waals surface area (Å²) in [5.74, 6) is 0.677. The zero-order chi connectivity index (χ0) is 10.6. The second-order valence-electron chi connectivity index (χ2n) is 3.67. The summed E-state index contributed by atoms with van der Waals surface area (Å²) >= 11 is 2.41. The summed E-state index contributed by atoms with van der Waals surface area (Å²) in [6.07, 6.45) is 1.20. The van der Waals surface area contributed by atoms with Gasteiger partial charge in [0.1, 0.15) is 0 Å². The lowest BCUT2D eigenvalue weighted by molar-refractivity contribution is 0.399. The van der Waals surface area contributed by atoms with E-state index >= 15 is 0 Å². The van der Waals surface area contributed by atoms with Crippen LogP contribution in [0.3, 0.4) is 0 Å². The van der Waals surface area contributed by atoms with Crippen LogP contribution in [-0.2, 0) is 0 Å². The zero-order valence-corrected chi connectivity index (χ0v) is 11.2. The minimum absolute atomic E-state index is 0.480. The Morgan fingerprint density at radius 2 is 2.00 bits per heavy atom.